The second kappa shape index (κ2) is 4.37. The molecule has 0 radical (unpaired) electrons. The second-order valence-electron chi connectivity index (χ2n) is 3.26. The van der Waals surface area contributed by atoms with Gasteiger partial charge in [0.05, 0.1) is 12.7 Å². The van der Waals surface area contributed by atoms with E-state index in [-0.39, 0.29) is 11.9 Å². The highest BCUT2D eigenvalue weighted by Crippen LogP contribution is 2.32. The quantitative estimate of drug-likeness (QED) is 0.788. The lowest BCUT2D eigenvalue weighted by Gasteiger charge is -2.20. The third kappa shape index (κ3) is 2.41. The number of rotatable bonds is 1. The Morgan fingerprint density at radius 3 is 3.00 bits per heavy atom. The first-order chi connectivity index (χ1) is 7.16. The zero-order valence-corrected chi connectivity index (χ0v) is 10.1. The molecule has 1 unspecified atom stereocenters. The number of ether oxygens (including phenoxy) is 1. The molecule has 0 aliphatic carbocycles. The van der Waals surface area contributed by atoms with E-state index in [9.17, 15) is 4.79 Å². The molecule has 0 saturated carbocycles. The van der Waals surface area contributed by atoms with E-state index in [0.29, 0.717) is 11.4 Å². The lowest BCUT2D eigenvalue weighted by molar-refractivity contribution is -0.118. The molecular formula is C11H8BrClO2. The first kappa shape index (κ1) is 10.7. The number of allylic oxidation sites excluding steroid dienone is 1. The minimum atomic E-state index is -0.240. The van der Waals surface area contributed by atoms with E-state index in [1.54, 1.807) is 6.07 Å². The van der Waals surface area contributed by atoms with Crippen LogP contribution in [0.25, 0.3) is 0 Å². The molecule has 78 valence electrons. The van der Waals surface area contributed by atoms with E-state index < -0.39 is 0 Å². The van der Waals surface area contributed by atoms with Crippen LogP contribution >= 0.6 is 27.5 Å². The van der Waals surface area contributed by atoms with Crippen molar-refractivity contribution < 1.29 is 9.53 Å². The van der Waals surface area contributed by atoms with Crippen molar-refractivity contribution in [2.45, 2.75) is 12.5 Å². The van der Waals surface area contributed by atoms with Crippen molar-refractivity contribution in [1.29, 1.82) is 0 Å². The van der Waals surface area contributed by atoms with Gasteiger partial charge in [0, 0.05) is 21.1 Å². The van der Waals surface area contributed by atoms with Crippen LogP contribution in [0.4, 0.5) is 0 Å². The minimum absolute atomic E-state index is 0.0677. The summed E-state index contributed by atoms with van der Waals surface area (Å²) in [7, 11) is 0. The lowest BCUT2D eigenvalue weighted by Crippen LogP contribution is -2.11. The summed E-state index contributed by atoms with van der Waals surface area (Å²) in [6, 6.07) is 5.45. The number of hydrogen-bond acceptors (Lipinski definition) is 2. The number of carbonyl (C=O) groups is 1. The number of ketones is 1. The molecule has 0 aromatic heterocycles. The Labute approximate surface area is 101 Å². The van der Waals surface area contributed by atoms with Crippen LogP contribution in [0.3, 0.4) is 0 Å². The Bertz CT molecular complexity index is 429. The van der Waals surface area contributed by atoms with Gasteiger partial charge in [0.25, 0.3) is 0 Å². The molecule has 2 nitrogen and oxygen atoms in total. The number of benzene rings is 1. The molecule has 15 heavy (non-hydrogen) atoms. The molecule has 0 fully saturated rings. The highest BCUT2D eigenvalue weighted by Gasteiger charge is 2.21. The highest BCUT2D eigenvalue weighted by atomic mass is 79.9. The van der Waals surface area contributed by atoms with Gasteiger partial charge in [-0.3, -0.25) is 4.79 Å². The Balaban J connectivity index is 2.33. The Morgan fingerprint density at radius 2 is 2.27 bits per heavy atom. The normalized spacial score (nSPS) is 20.1. The first-order valence-corrected chi connectivity index (χ1v) is 5.63. The van der Waals surface area contributed by atoms with Gasteiger partial charge in [-0.2, -0.15) is 0 Å². The predicted molar refractivity (Wildman–Crippen MR) is 61.7 cm³/mol. The Hall–Kier alpha value is -0.800. The van der Waals surface area contributed by atoms with E-state index in [1.807, 2.05) is 12.1 Å². The van der Waals surface area contributed by atoms with Gasteiger partial charge in [0.15, 0.2) is 5.78 Å². The van der Waals surface area contributed by atoms with Gasteiger partial charge in [-0.25, -0.2) is 0 Å². The van der Waals surface area contributed by atoms with Gasteiger partial charge in [0.1, 0.15) is 6.10 Å². The van der Waals surface area contributed by atoms with Crippen molar-refractivity contribution in [3.63, 3.8) is 0 Å². The van der Waals surface area contributed by atoms with Crippen molar-refractivity contribution in [3.05, 3.63) is 45.6 Å². The maximum absolute atomic E-state index is 11.2. The van der Waals surface area contributed by atoms with Crippen LogP contribution in [-0.4, -0.2) is 5.78 Å². The van der Waals surface area contributed by atoms with E-state index >= 15 is 0 Å². The van der Waals surface area contributed by atoms with Crippen LogP contribution in [0.15, 0.2) is 35.0 Å². The maximum Gasteiger partial charge on any atom is 0.162 e. The van der Waals surface area contributed by atoms with Crippen LogP contribution in [0.2, 0.25) is 5.02 Å². The second-order valence-corrected chi connectivity index (χ2v) is 4.55. The molecule has 1 aliphatic heterocycles. The molecule has 4 heteroatoms. The van der Waals surface area contributed by atoms with Crippen LogP contribution in [-0.2, 0) is 9.53 Å². The standard InChI is InChI=1S/C11H8BrClO2/c12-10-2-1-7(13)5-9(10)11-6-8(14)3-4-15-11/h1-5,11H,6H2. The summed E-state index contributed by atoms with van der Waals surface area (Å²) >= 11 is 9.30. The minimum Gasteiger partial charge on any atom is -0.493 e. The van der Waals surface area contributed by atoms with Gasteiger partial charge in [-0.15, -0.1) is 0 Å². The van der Waals surface area contributed by atoms with Crippen LogP contribution < -0.4 is 0 Å². The van der Waals surface area contributed by atoms with Crippen molar-refractivity contribution >= 4 is 33.3 Å². The maximum atomic E-state index is 11.2. The lowest BCUT2D eigenvalue weighted by atomic mass is 10.0. The van der Waals surface area contributed by atoms with Crippen molar-refractivity contribution in [3.8, 4) is 0 Å². The van der Waals surface area contributed by atoms with Crippen molar-refractivity contribution in [1.82, 2.24) is 0 Å². The van der Waals surface area contributed by atoms with Crippen molar-refractivity contribution in [2.24, 2.45) is 0 Å². The van der Waals surface area contributed by atoms with E-state index in [0.717, 1.165) is 10.0 Å². The van der Waals surface area contributed by atoms with E-state index in [4.69, 9.17) is 16.3 Å². The first-order valence-electron chi connectivity index (χ1n) is 4.46. The average molecular weight is 288 g/mol. The molecule has 1 atom stereocenters. The Morgan fingerprint density at radius 1 is 1.47 bits per heavy atom. The van der Waals surface area contributed by atoms with Gasteiger partial charge >= 0.3 is 0 Å². The molecule has 0 spiro atoms. The smallest absolute Gasteiger partial charge is 0.162 e. The molecule has 0 bridgehead atoms. The average Bonchev–Trinajstić information content (AvgIpc) is 2.22. The predicted octanol–water partition coefficient (Wildman–Crippen LogP) is 3.65. The van der Waals surface area contributed by atoms with E-state index in [2.05, 4.69) is 15.9 Å². The number of hydrogen-bond donors (Lipinski definition) is 0. The third-order valence-electron chi connectivity index (χ3n) is 2.19. The zero-order chi connectivity index (χ0) is 10.8. The molecule has 0 amide bonds. The van der Waals surface area contributed by atoms with Gasteiger partial charge in [0.2, 0.25) is 0 Å². The van der Waals surface area contributed by atoms with Crippen LogP contribution in [0.5, 0.6) is 0 Å². The number of carbonyl (C=O) groups excluding carboxylic acids is 1. The molecule has 1 heterocycles. The fourth-order valence-corrected chi connectivity index (χ4v) is 2.14. The third-order valence-corrected chi connectivity index (χ3v) is 3.15. The molecule has 0 N–H and O–H groups in total. The molecule has 2 rings (SSSR count). The van der Waals surface area contributed by atoms with Gasteiger partial charge in [-0.1, -0.05) is 27.5 Å². The fraction of sp³-hybridized carbons (Fsp3) is 0.182. The topological polar surface area (TPSA) is 26.3 Å². The summed E-state index contributed by atoms with van der Waals surface area (Å²) in [5.41, 5.74) is 0.903. The summed E-state index contributed by atoms with van der Waals surface area (Å²) in [6.07, 6.45) is 2.99. The van der Waals surface area contributed by atoms with Crippen molar-refractivity contribution in [2.75, 3.05) is 0 Å². The summed E-state index contributed by atoms with van der Waals surface area (Å²) in [6.45, 7) is 0. The van der Waals surface area contributed by atoms with Crippen LogP contribution in [0, 0.1) is 0 Å². The summed E-state index contributed by atoms with van der Waals surface area (Å²) in [4.78, 5) is 11.2. The number of halogens is 2. The van der Waals surface area contributed by atoms with Gasteiger partial charge < -0.3 is 4.74 Å². The highest BCUT2D eigenvalue weighted by molar-refractivity contribution is 9.10. The molecule has 1 aromatic rings. The largest absolute Gasteiger partial charge is 0.493 e. The summed E-state index contributed by atoms with van der Waals surface area (Å²) in [5, 5.41) is 0.638. The monoisotopic (exact) mass is 286 g/mol. The zero-order valence-electron chi connectivity index (χ0n) is 7.74. The fourth-order valence-electron chi connectivity index (χ4n) is 1.45. The SMILES string of the molecule is O=C1C=COC(c2cc(Cl)ccc2Br)C1. The van der Waals surface area contributed by atoms with Gasteiger partial charge in [-0.05, 0) is 18.2 Å². The van der Waals surface area contributed by atoms with E-state index in [1.165, 1.54) is 12.3 Å². The molecule has 0 saturated heterocycles. The summed E-state index contributed by atoms with van der Waals surface area (Å²) < 4.78 is 6.28. The summed E-state index contributed by atoms with van der Waals surface area (Å²) in [5.74, 6) is 0.0677. The molecular weight excluding hydrogens is 279 g/mol. The van der Waals surface area contributed by atoms with Crippen LogP contribution in [0.1, 0.15) is 18.1 Å². The molecule has 1 aromatic carbocycles. The Kier molecular flexibility index (Phi) is 3.12. The molecule has 1 aliphatic rings.